The van der Waals surface area contributed by atoms with Crippen molar-refractivity contribution < 1.29 is 4.79 Å². The summed E-state index contributed by atoms with van der Waals surface area (Å²) in [6, 6.07) is 18.6. The maximum atomic E-state index is 12.0. The van der Waals surface area contributed by atoms with Crippen molar-refractivity contribution in [3.05, 3.63) is 65.7 Å². The third-order valence-electron chi connectivity index (χ3n) is 5.97. The van der Waals surface area contributed by atoms with E-state index in [9.17, 15) is 4.79 Å². The number of rotatable bonds is 10. The number of hydrogen-bond acceptors (Lipinski definition) is 3. The van der Waals surface area contributed by atoms with E-state index in [1.165, 1.54) is 37.9 Å². The minimum absolute atomic E-state index is 0.120. The van der Waals surface area contributed by atoms with Gasteiger partial charge >= 0.3 is 0 Å². The van der Waals surface area contributed by atoms with E-state index in [1.54, 1.807) is 0 Å². The van der Waals surface area contributed by atoms with E-state index in [4.69, 9.17) is 5.73 Å². The zero-order valence-corrected chi connectivity index (χ0v) is 17.5. The topological polar surface area (TPSA) is 58.4 Å². The molecule has 0 aliphatic carbocycles. The van der Waals surface area contributed by atoms with Gasteiger partial charge in [-0.2, -0.15) is 0 Å². The van der Waals surface area contributed by atoms with E-state index in [0.29, 0.717) is 12.8 Å². The van der Waals surface area contributed by atoms with Crippen LogP contribution in [0.2, 0.25) is 0 Å². The number of anilines is 1. The molecule has 0 saturated carbocycles. The number of carbonyl (C=O) groups is 1. The molecule has 29 heavy (non-hydrogen) atoms. The fourth-order valence-electron chi connectivity index (χ4n) is 4.15. The second kappa shape index (κ2) is 11.6. The molecule has 2 aromatic carbocycles. The molecule has 0 unspecified atom stereocenters. The van der Waals surface area contributed by atoms with Gasteiger partial charge < -0.3 is 16.0 Å². The molecule has 0 atom stereocenters. The van der Waals surface area contributed by atoms with Crippen LogP contribution in [0.15, 0.2) is 54.6 Å². The molecular weight excluding hydrogens is 358 g/mol. The zero-order chi connectivity index (χ0) is 20.3. The van der Waals surface area contributed by atoms with Gasteiger partial charge in [-0.1, -0.05) is 48.5 Å². The Labute approximate surface area is 175 Å². The number of carbonyl (C=O) groups excluding carboxylic acids is 1. The standard InChI is InChI=1S/C25H35N3O/c26-24-11-5-4-10-23(24)12-13-25(29)27-16-6-7-17-28-18-14-22(15-19-28)20-21-8-2-1-3-9-21/h1-5,8-11,22H,6-7,12-20,26H2,(H,27,29). The van der Waals surface area contributed by atoms with Crippen LogP contribution in [0.3, 0.4) is 0 Å². The number of aryl methyl sites for hydroxylation is 1. The van der Waals surface area contributed by atoms with E-state index in [2.05, 4.69) is 40.5 Å². The zero-order valence-electron chi connectivity index (χ0n) is 17.5. The molecule has 1 saturated heterocycles. The second-order valence-electron chi connectivity index (χ2n) is 8.23. The third-order valence-corrected chi connectivity index (χ3v) is 5.97. The van der Waals surface area contributed by atoms with Crippen LogP contribution in [0.25, 0.3) is 0 Å². The van der Waals surface area contributed by atoms with Crippen molar-refractivity contribution in [1.82, 2.24) is 10.2 Å². The van der Waals surface area contributed by atoms with Gasteiger partial charge in [0.1, 0.15) is 0 Å². The molecule has 1 aliphatic heterocycles. The van der Waals surface area contributed by atoms with Gasteiger partial charge in [-0.25, -0.2) is 0 Å². The summed E-state index contributed by atoms with van der Waals surface area (Å²) in [6.07, 6.45) is 7.22. The molecule has 2 aromatic rings. The monoisotopic (exact) mass is 393 g/mol. The first-order valence-electron chi connectivity index (χ1n) is 11.1. The molecule has 4 heteroatoms. The molecule has 1 amide bonds. The second-order valence-corrected chi connectivity index (χ2v) is 8.23. The normalized spacial score (nSPS) is 15.3. The summed E-state index contributed by atoms with van der Waals surface area (Å²) in [6.45, 7) is 4.34. The number of unbranched alkanes of at least 4 members (excludes halogenated alkanes) is 1. The SMILES string of the molecule is Nc1ccccc1CCC(=O)NCCCCN1CCC(Cc2ccccc2)CC1. The van der Waals surface area contributed by atoms with Gasteiger partial charge in [0.05, 0.1) is 0 Å². The molecule has 4 nitrogen and oxygen atoms in total. The predicted molar refractivity (Wildman–Crippen MR) is 121 cm³/mol. The molecule has 1 heterocycles. The Balaban J connectivity index is 1.21. The van der Waals surface area contributed by atoms with Gasteiger partial charge in [-0.05, 0) is 81.3 Å². The largest absolute Gasteiger partial charge is 0.399 e. The van der Waals surface area contributed by atoms with Gasteiger partial charge in [-0.15, -0.1) is 0 Å². The summed E-state index contributed by atoms with van der Waals surface area (Å²) in [5.41, 5.74) is 9.22. The van der Waals surface area contributed by atoms with Crippen LogP contribution < -0.4 is 11.1 Å². The van der Waals surface area contributed by atoms with Crippen molar-refractivity contribution in [1.29, 1.82) is 0 Å². The predicted octanol–water partition coefficient (Wildman–Crippen LogP) is 4.05. The van der Waals surface area contributed by atoms with Crippen LogP contribution >= 0.6 is 0 Å². The number of amides is 1. The van der Waals surface area contributed by atoms with Crippen molar-refractivity contribution in [3.63, 3.8) is 0 Å². The molecule has 0 radical (unpaired) electrons. The highest BCUT2D eigenvalue weighted by atomic mass is 16.1. The summed E-state index contributed by atoms with van der Waals surface area (Å²) in [5, 5.41) is 3.05. The fourth-order valence-corrected chi connectivity index (χ4v) is 4.15. The number of para-hydroxylation sites is 1. The molecule has 0 spiro atoms. The Morgan fingerprint density at radius 1 is 1.00 bits per heavy atom. The first kappa shape index (κ1) is 21.4. The Bertz CT molecular complexity index is 739. The highest BCUT2D eigenvalue weighted by Gasteiger charge is 2.18. The van der Waals surface area contributed by atoms with Crippen LogP contribution in [-0.2, 0) is 17.6 Å². The van der Waals surface area contributed by atoms with Crippen LogP contribution in [0.5, 0.6) is 0 Å². The number of hydrogen-bond donors (Lipinski definition) is 2. The Hall–Kier alpha value is -2.33. The van der Waals surface area contributed by atoms with Gasteiger partial charge in [0.2, 0.25) is 5.91 Å². The summed E-state index contributed by atoms with van der Waals surface area (Å²) < 4.78 is 0. The first-order chi connectivity index (χ1) is 14.2. The van der Waals surface area contributed by atoms with Crippen LogP contribution in [0.1, 0.15) is 43.2 Å². The highest BCUT2D eigenvalue weighted by Crippen LogP contribution is 2.21. The van der Waals surface area contributed by atoms with E-state index < -0.39 is 0 Å². The van der Waals surface area contributed by atoms with Gasteiger partial charge in [0.25, 0.3) is 0 Å². The number of nitrogens with one attached hydrogen (secondary N) is 1. The molecule has 0 aromatic heterocycles. The Morgan fingerprint density at radius 2 is 1.72 bits per heavy atom. The van der Waals surface area contributed by atoms with Gasteiger partial charge in [-0.3, -0.25) is 4.79 Å². The number of likely N-dealkylation sites (tertiary alicyclic amines) is 1. The first-order valence-corrected chi connectivity index (χ1v) is 11.1. The maximum Gasteiger partial charge on any atom is 0.220 e. The van der Waals surface area contributed by atoms with E-state index in [1.807, 2.05) is 24.3 Å². The molecule has 1 aliphatic rings. The van der Waals surface area contributed by atoms with Crippen LogP contribution in [-0.4, -0.2) is 37.0 Å². The number of nitrogens with zero attached hydrogens (tertiary/aromatic N) is 1. The lowest BCUT2D eigenvalue weighted by Crippen LogP contribution is -2.35. The maximum absolute atomic E-state index is 12.0. The minimum atomic E-state index is 0.120. The molecule has 156 valence electrons. The lowest BCUT2D eigenvalue weighted by atomic mass is 9.90. The van der Waals surface area contributed by atoms with Crippen molar-refractivity contribution in [2.45, 2.75) is 44.9 Å². The summed E-state index contributed by atoms with van der Waals surface area (Å²) in [5.74, 6) is 0.946. The number of nitrogens with two attached hydrogens (primary N) is 1. The van der Waals surface area contributed by atoms with Crippen LogP contribution in [0.4, 0.5) is 5.69 Å². The number of nitrogen functional groups attached to an aromatic ring is 1. The van der Waals surface area contributed by atoms with Crippen molar-refractivity contribution in [2.24, 2.45) is 5.92 Å². The number of piperidine rings is 1. The van der Waals surface area contributed by atoms with E-state index in [-0.39, 0.29) is 5.91 Å². The quantitative estimate of drug-likeness (QED) is 0.473. The Morgan fingerprint density at radius 3 is 2.48 bits per heavy atom. The van der Waals surface area contributed by atoms with Crippen molar-refractivity contribution in [3.8, 4) is 0 Å². The summed E-state index contributed by atoms with van der Waals surface area (Å²) in [4.78, 5) is 14.6. The average molecular weight is 394 g/mol. The average Bonchev–Trinajstić information content (AvgIpc) is 2.75. The summed E-state index contributed by atoms with van der Waals surface area (Å²) in [7, 11) is 0. The van der Waals surface area contributed by atoms with E-state index in [0.717, 1.165) is 43.1 Å². The lowest BCUT2D eigenvalue weighted by molar-refractivity contribution is -0.121. The number of benzene rings is 2. The van der Waals surface area contributed by atoms with Crippen LogP contribution in [0, 0.1) is 5.92 Å². The molecular formula is C25H35N3O. The minimum Gasteiger partial charge on any atom is -0.399 e. The highest BCUT2D eigenvalue weighted by molar-refractivity contribution is 5.76. The van der Waals surface area contributed by atoms with Crippen molar-refractivity contribution in [2.75, 3.05) is 31.9 Å². The molecule has 3 rings (SSSR count). The fraction of sp³-hybridized carbons (Fsp3) is 0.480. The third kappa shape index (κ3) is 7.54. The van der Waals surface area contributed by atoms with Gasteiger partial charge in [0.15, 0.2) is 0 Å². The molecule has 3 N–H and O–H groups in total. The summed E-state index contributed by atoms with van der Waals surface area (Å²) >= 11 is 0. The molecule has 0 bridgehead atoms. The van der Waals surface area contributed by atoms with Crippen molar-refractivity contribution >= 4 is 11.6 Å². The smallest absolute Gasteiger partial charge is 0.220 e. The van der Waals surface area contributed by atoms with Gasteiger partial charge in [0, 0.05) is 18.7 Å². The van der Waals surface area contributed by atoms with E-state index >= 15 is 0 Å². The molecule has 1 fully saturated rings. The lowest BCUT2D eigenvalue weighted by Gasteiger charge is -2.32. The Kier molecular flexibility index (Phi) is 8.57.